The second-order valence-corrected chi connectivity index (χ2v) is 26.4. The minimum absolute atomic E-state index is 0.118. The SMILES string of the molecule is c1ccc(-c2cccc(-c3ccccc3)c2N2c3cc(-c4c5ccccc5c(-c5ccc(-c6cccc7ccccc67)cc5)c5ccccc45)ccc3B3c4ccc(-n5c6ccccc6c6ccccc65)cc4Sc4cc(-n5c6ccccc6c6ccccc65)cc2c43)cc1. The molecule has 0 spiro atoms. The van der Waals surface area contributed by atoms with Gasteiger partial charge in [0.2, 0.25) is 6.71 Å². The first-order chi connectivity index (χ1) is 47.2. The number of fused-ring (bicyclic) bond motifs is 13. The first-order valence-corrected chi connectivity index (χ1v) is 33.7. The summed E-state index contributed by atoms with van der Waals surface area (Å²) in [6.07, 6.45) is 0. The highest BCUT2D eigenvalue weighted by Gasteiger charge is 2.43. The Hall–Kier alpha value is -11.9. The Bertz CT molecular complexity index is 5980. The van der Waals surface area contributed by atoms with E-state index in [1.165, 1.54) is 130 Å². The third kappa shape index (κ3) is 8.23. The molecule has 440 valence electrons. The van der Waals surface area contributed by atoms with Crippen molar-refractivity contribution in [1.82, 2.24) is 9.13 Å². The van der Waals surface area contributed by atoms with Gasteiger partial charge in [-0.1, -0.05) is 302 Å². The van der Waals surface area contributed by atoms with E-state index in [2.05, 4.69) is 354 Å². The molecule has 95 heavy (non-hydrogen) atoms. The molecule has 0 bridgehead atoms. The molecule has 16 aromatic carbocycles. The van der Waals surface area contributed by atoms with Crippen LogP contribution in [0, 0.1) is 0 Å². The molecule has 0 fully saturated rings. The zero-order chi connectivity index (χ0) is 62.2. The highest BCUT2D eigenvalue weighted by Crippen LogP contribution is 2.53. The molecule has 0 radical (unpaired) electrons. The van der Waals surface area contributed by atoms with Gasteiger partial charge in [0.15, 0.2) is 0 Å². The summed E-state index contributed by atoms with van der Waals surface area (Å²) in [5, 5.41) is 12.3. The molecule has 3 nitrogen and oxygen atoms in total. The van der Waals surface area contributed by atoms with E-state index in [0.29, 0.717) is 0 Å². The molecule has 0 N–H and O–H groups in total. The fourth-order valence-corrected chi connectivity index (χ4v) is 17.5. The van der Waals surface area contributed by atoms with Gasteiger partial charge in [-0.15, -0.1) is 0 Å². The average Bonchev–Trinajstić information content (AvgIpc) is 1.17. The lowest BCUT2D eigenvalue weighted by Gasteiger charge is -2.42. The number of hydrogen-bond acceptors (Lipinski definition) is 2. The van der Waals surface area contributed by atoms with E-state index in [4.69, 9.17) is 0 Å². The summed E-state index contributed by atoms with van der Waals surface area (Å²) >= 11 is 1.92. The number of anilines is 3. The summed E-state index contributed by atoms with van der Waals surface area (Å²) in [6.45, 7) is -0.118. The number of benzene rings is 16. The summed E-state index contributed by atoms with van der Waals surface area (Å²) < 4.78 is 4.99. The Balaban J connectivity index is 0.874. The molecule has 2 aliphatic rings. The lowest BCUT2D eigenvalue weighted by molar-refractivity contribution is 1.15. The van der Waals surface area contributed by atoms with Gasteiger partial charge in [-0.3, -0.25) is 0 Å². The number of para-hydroxylation sites is 5. The van der Waals surface area contributed by atoms with Crippen molar-refractivity contribution in [2.75, 3.05) is 4.90 Å². The van der Waals surface area contributed by atoms with E-state index < -0.39 is 0 Å². The third-order valence-electron chi connectivity index (χ3n) is 20.3. The van der Waals surface area contributed by atoms with E-state index in [-0.39, 0.29) is 6.71 Å². The predicted molar refractivity (Wildman–Crippen MR) is 405 cm³/mol. The fourth-order valence-electron chi connectivity index (χ4n) is 16.3. The summed E-state index contributed by atoms with van der Waals surface area (Å²) in [4.78, 5) is 5.18. The van der Waals surface area contributed by atoms with Crippen molar-refractivity contribution < 1.29 is 0 Å². The van der Waals surface area contributed by atoms with Crippen molar-refractivity contribution in [2.24, 2.45) is 0 Å². The van der Waals surface area contributed by atoms with Crippen LogP contribution < -0.4 is 21.3 Å². The standard InChI is InChI=1S/C90H56BN3S/c1-3-23-58(24-4-1)67-39-22-40-68(59-25-5-2-6-26-59)90(67)94-83-53-62(88-75-36-11-9-34-73(75)87(74-35-10-12-37-76(74)88)61-47-45-60(46-48-61)66-38-21-28-57-27-7-8-29-65(57)66)49-51-77(83)91-78-52-50-63(92-79-41-17-13-30-69(79)70-31-14-18-42-80(70)92)55-85(78)95-86-56-64(54-84(94)89(86)91)93-81-43-19-15-32-71(81)72-33-16-20-44-82(72)93/h1-56H. The van der Waals surface area contributed by atoms with Crippen LogP contribution in [0.2, 0.25) is 0 Å². The molecule has 5 heteroatoms. The lowest BCUT2D eigenvalue weighted by Crippen LogP contribution is -2.60. The Morgan fingerprint density at radius 3 is 1.23 bits per heavy atom. The molecule has 4 heterocycles. The Kier molecular flexibility index (Phi) is 12.1. The van der Waals surface area contributed by atoms with Crippen molar-refractivity contribution in [3.63, 3.8) is 0 Å². The van der Waals surface area contributed by atoms with Crippen LogP contribution in [-0.2, 0) is 0 Å². The Morgan fingerprint density at radius 2 is 0.663 bits per heavy atom. The number of rotatable bonds is 8. The van der Waals surface area contributed by atoms with Gasteiger partial charge in [-0.25, -0.2) is 0 Å². The zero-order valence-electron chi connectivity index (χ0n) is 51.7. The Morgan fingerprint density at radius 1 is 0.253 bits per heavy atom. The van der Waals surface area contributed by atoms with E-state index >= 15 is 0 Å². The van der Waals surface area contributed by atoms with Gasteiger partial charge < -0.3 is 14.0 Å². The van der Waals surface area contributed by atoms with E-state index in [1.807, 2.05) is 11.8 Å². The van der Waals surface area contributed by atoms with Gasteiger partial charge in [-0.2, -0.15) is 0 Å². The van der Waals surface area contributed by atoms with Crippen molar-refractivity contribution in [3.8, 4) is 67.0 Å². The van der Waals surface area contributed by atoms with Crippen LogP contribution in [0.3, 0.4) is 0 Å². The van der Waals surface area contributed by atoms with Gasteiger partial charge in [0.25, 0.3) is 0 Å². The number of aromatic nitrogens is 2. The maximum absolute atomic E-state index is 2.68. The maximum atomic E-state index is 2.68. The van der Waals surface area contributed by atoms with Gasteiger partial charge in [0.1, 0.15) is 0 Å². The van der Waals surface area contributed by atoms with Crippen LogP contribution >= 0.6 is 11.8 Å². The molecular formula is C90H56BN3S. The van der Waals surface area contributed by atoms with Crippen LogP contribution in [0.4, 0.5) is 17.1 Å². The normalized spacial score (nSPS) is 12.5. The van der Waals surface area contributed by atoms with Crippen LogP contribution in [0.25, 0.3) is 143 Å². The Labute approximate surface area is 554 Å². The fraction of sp³-hybridized carbons (Fsp3) is 0. The summed E-state index contributed by atoms with van der Waals surface area (Å²) in [5.41, 5.74) is 26.2. The highest BCUT2D eigenvalue weighted by atomic mass is 32.2. The second kappa shape index (κ2) is 21.3. The molecule has 0 unspecified atom stereocenters. The van der Waals surface area contributed by atoms with Gasteiger partial charge in [0, 0.05) is 65.2 Å². The summed E-state index contributed by atoms with van der Waals surface area (Å²) in [7, 11) is 0. The van der Waals surface area contributed by atoms with Gasteiger partial charge in [-0.05, 0) is 142 Å². The molecule has 20 rings (SSSR count). The molecule has 0 saturated heterocycles. The number of hydrogen-bond donors (Lipinski definition) is 0. The molecule has 2 aliphatic heterocycles. The maximum Gasteiger partial charge on any atom is 0.249 e. The minimum Gasteiger partial charge on any atom is -0.310 e. The van der Waals surface area contributed by atoms with Crippen molar-refractivity contribution >= 4 is 128 Å². The van der Waals surface area contributed by atoms with Crippen LogP contribution in [-0.4, -0.2) is 15.8 Å². The second-order valence-electron chi connectivity index (χ2n) is 25.4. The van der Waals surface area contributed by atoms with E-state index in [0.717, 1.165) is 56.3 Å². The van der Waals surface area contributed by atoms with Crippen LogP contribution in [0.5, 0.6) is 0 Å². The number of nitrogens with zero attached hydrogens (tertiary/aromatic N) is 3. The van der Waals surface area contributed by atoms with Gasteiger partial charge in [0.05, 0.1) is 27.8 Å². The first kappa shape index (κ1) is 53.7. The average molecular weight is 1220 g/mol. The van der Waals surface area contributed by atoms with E-state index in [1.54, 1.807) is 0 Å². The highest BCUT2D eigenvalue weighted by molar-refractivity contribution is 8.00. The zero-order valence-corrected chi connectivity index (χ0v) is 52.5. The molecule has 0 saturated carbocycles. The first-order valence-electron chi connectivity index (χ1n) is 32.8. The van der Waals surface area contributed by atoms with Crippen LogP contribution in [0.1, 0.15) is 0 Å². The predicted octanol–water partition coefficient (Wildman–Crippen LogP) is 22.4. The van der Waals surface area contributed by atoms with Crippen LogP contribution in [0.15, 0.2) is 350 Å². The van der Waals surface area contributed by atoms with Gasteiger partial charge >= 0.3 is 0 Å². The monoisotopic (exact) mass is 1220 g/mol. The summed E-state index contributed by atoms with van der Waals surface area (Å²) in [6, 6.07) is 127. The third-order valence-corrected chi connectivity index (χ3v) is 21.5. The minimum atomic E-state index is -0.118. The molecule has 0 atom stereocenters. The van der Waals surface area contributed by atoms with Crippen molar-refractivity contribution in [1.29, 1.82) is 0 Å². The molecule has 0 aliphatic carbocycles. The smallest absolute Gasteiger partial charge is 0.249 e. The van der Waals surface area contributed by atoms with Crippen molar-refractivity contribution in [2.45, 2.75) is 9.79 Å². The molecule has 0 amide bonds. The van der Waals surface area contributed by atoms with E-state index in [9.17, 15) is 0 Å². The molecule has 2 aromatic heterocycles. The molecule has 18 aromatic rings. The lowest BCUT2D eigenvalue weighted by atomic mass is 9.34. The molecular weight excluding hydrogens is 1170 g/mol. The topological polar surface area (TPSA) is 13.1 Å². The quantitative estimate of drug-likeness (QED) is 0.111. The van der Waals surface area contributed by atoms with Crippen molar-refractivity contribution in [3.05, 3.63) is 340 Å². The largest absolute Gasteiger partial charge is 0.310 e. The summed E-state index contributed by atoms with van der Waals surface area (Å²) in [5.74, 6) is 0.